The van der Waals surface area contributed by atoms with Crippen LogP contribution >= 0.6 is 0 Å². The fourth-order valence-electron chi connectivity index (χ4n) is 2.55. The number of aliphatic hydroxyl groups excluding tert-OH is 1. The molecule has 2 aromatic carbocycles. The number of rotatable bonds is 7. The monoisotopic (exact) mass is 485 g/mol. The quantitative estimate of drug-likeness (QED) is 0.593. The molecule has 1 unspecified atom stereocenters. The Balaban J connectivity index is 2.06. The summed E-state index contributed by atoms with van der Waals surface area (Å²) in [6, 6.07) is 10.4. The Labute approximate surface area is 188 Å². The Morgan fingerprint density at radius 2 is 1.47 bits per heavy atom. The van der Waals surface area contributed by atoms with Gasteiger partial charge in [0.05, 0.1) is 17.5 Å². The number of sulfone groups is 1. The van der Waals surface area contributed by atoms with Crippen molar-refractivity contribution in [2.24, 2.45) is 0 Å². The second kappa shape index (κ2) is 9.47. The molecule has 0 saturated carbocycles. The Kier molecular flexibility index (Phi) is 7.59. The number of nitrogens with zero attached hydrogens (tertiary/aromatic N) is 1. The van der Waals surface area contributed by atoms with Gasteiger partial charge < -0.3 is 18.9 Å². The average molecular weight is 486 g/mol. The van der Waals surface area contributed by atoms with E-state index in [0.717, 1.165) is 18.4 Å². The third-order valence-corrected chi connectivity index (χ3v) is 6.55. The van der Waals surface area contributed by atoms with Crippen LogP contribution in [0.5, 0.6) is 5.75 Å². The SMILES string of the molecule is CN(CC(O)c1ccc(OS(=O)(=O)c2ccc(S(C)(=O)=O)cc2)cc1)C(=O)OC(C)(C)C. The number of hydrogen-bond acceptors (Lipinski definition) is 8. The predicted molar refractivity (Wildman–Crippen MR) is 118 cm³/mol. The van der Waals surface area contributed by atoms with E-state index in [-0.39, 0.29) is 22.1 Å². The van der Waals surface area contributed by atoms with Crippen molar-refractivity contribution in [2.75, 3.05) is 19.8 Å². The van der Waals surface area contributed by atoms with E-state index in [1.807, 2.05) is 0 Å². The van der Waals surface area contributed by atoms with Crippen LogP contribution in [0.1, 0.15) is 32.4 Å². The maximum Gasteiger partial charge on any atom is 0.410 e. The molecule has 0 heterocycles. The van der Waals surface area contributed by atoms with Crippen LogP contribution in [0.25, 0.3) is 0 Å². The van der Waals surface area contributed by atoms with E-state index in [2.05, 4.69) is 0 Å². The van der Waals surface area contributed by atoms with Crippen molar-refractivity contribution in [2.45, 2.75) is 42.3 Å². The van der Waals surface area contributed by atoms with Gasteiger partial charge in [0, 0.05) is 13.3 Å². The summed E-state index contributed by atoms with van der Waals surface area (Å²) in [5.41, 5.74) is -0.214. The Hall–Kier alpha value is -2.63. The third-order valence-electron chi connectivity index (χ3n) is 4.16. The molecule has 0 spiro atoms. The fraction of sp³-hybridized carbons (Fsp3) is 0.381. The molecule has 11 heteroatoms. The average Bonchev–Trinajstić information content (AvgIpc) is 2.66. The van der Waals surface area contributed by atoms with E-state index in [9.17, 15) is 26.7 Å². The lowest BCUT2D eigenvalue weighted by atomic mass is 10.1. The van der Waals surface area contributed by atoms with E-state index in [1.165, 1.54) is 48.3 Å². The molecule has 0 radical (unpaired) electrons. The van der Waals surface area contributed by atoms with Gasteiger partial charge in [0.2, 0.25) is 0 Å². The molecular formula is C21H27NO8S2. The first-order chi connectivity index (χ1) is 14.6. The highest BCUT2D eigenvalue weighted by molar-refractivity contribution is 7.90. The minimum Gasteiger partial charge on any atom is -0.444 e. The van der Waals surface area contributed by atoms with Gasteiger partial charge in [-0.25, -0.2) is 13.2 Å². The molecule has 1 amide bonds. The van der Waals surface area contributed by atoms with Crippen molar-refractivity contribution in [1.29, 1.82) is 0 Å². The lowest BCUT2D eigenvalue weighted by molar-refractivity contribution is 0.0205. The number of likely N-dealkylation sites (N-methyl/N-ethyl adjacent to an activating group) is 1. The lowest BCUT2D eigenvalue weighted by Crippen LogP contribution is -2.36. The standard InChI is InChI=1S/C21H27NO8S2/c1-21(2,3)29-20(24)22(4)14-19(23)15-6-8-16(9-7-15)30-32(27,28)18-12-10-17(11-13-18)31(5,25)26/h6-13,19,23H,14H2,1-5H3. The molecule has 0 aliphatic rings. The van der Waals surface area contributed by atoms with Gasteiger partial charge in [-0.1, -0.05) is 12.1 Å². The first-order valence-corrected chi connectivity index (χ1v) is 12.9. The molecule has 1 N–H and O–H groups in total. The van der Waals surface area contributed by atoms with Crippen LogP contribution in [-0.2, 0) is 24.7 Å². The van der Waals surface area contributed by atoms with Gasteiger partial charge in [0.1, 0.15) is 16.2 Å². The first kappa shape index (κ1) is 25.6. The number of amides is 1. The maximum absolute atomic E-state index is 12.4. The summed E-state index contributed by atoms with van der Waals surface area (Å²) >= 11 is 0. The molecule has 32 heavy (non-hydrogen) atoms. The van der Waals surface area contributed by atoms with Crippen LogP contribution in [0.4, 0.5) is 4.79 Å². The van der Waals surface area contributed by atoms with Crippen LogP contribution in [-0.4, -0.2) is 58.4 Å². The molecule has 0 fully saturated rings. The zero-order valence-electron chi connectivity index (χ0n) is 18.5. The summed E-state index contributed by atoms with van der Waals surface area (Å²) in [6.45, 7) is 5.19. The highest BCUT2D eigenvalue weighted by atomic mass is 32.2. The van der Waals surface area contributed by atoms with Gasteiger partial charge in [-0.3, -0.25) is 0 Å². The van der Waals surface area contributed by atoms with Gasteiger partial charge in [-0.05, 0) is 62.7 Å². The second-order valence-electron chi connectivity index (χ2n) is 8.23. The minimum atomic E-state index is -4.18. The predicted octanol–water partition coefficient (Wildman–Crippen LogP) is 2.76. The lowest BCUT2D eigenvalue weighted by Gasteiger charge is -2.26. The zero-order chi connectivity index (χ0) is 24.3. The number of carbonyl (C=O) groups is 1. The summed E-state index contributed by atoms with van der Waals surface area (Å²) in [5, 5.41) is 10.4. The van der Waals surface area contributed by atoms with Crippen molar-refractivity contribution in [3.63, 3.8) is 0 Å². The van der Waals surface area contributed by atoms with Crippen molar-refractivity contribution in [3.05, 3.63) is 54.1 Å². The van der Waals surface area contributed by atoms with E-state index in [4.69, 9.17) is 8.92 Å². The molecule has 0 bridgehead atoms. The van der Waals surface area contributed by atoms with Crippen LogP contribution in [0.15, 0.2) is 58.3 Å². The molecule has 0 aliphatic carbocycles. The number of hydrogen-bond donors (Lipinski definition) is 1. The van der Waals surface area contributed by atoms with Gasteiger partial charge in [-0.2, -0.15) is 8.42 Å². The van der Waals surface area contributed by atoms with Crippen molar-refractivity contribution in [3.8, 4) is 5.75 Å². The summed E-state index contributed by atoms with van der Waals surface area (Å²) < 4.78 is 58.2. The number of carbonyl (C=O) groups excluding carboxylic acids is 1. The highest BCUT2D eigenvalue weighted by Gasteiger charge is 2.22. The largest absolute Gasteiger partial charge is 0.444 e. The van der Waals surface area contributed by atoms with E-state index in [1.54, 1.807) is 20.8 Å². The summed E-state index contributed by atoms with van der Waals surface area (Å²) in [4.78, 5) is 13.1. The first-order valence-electron chi connectivity index (χ1n) is 9.55. The number of ether oxygens (including phenoxy) is 1. The van der Waals surface area contributed by atoms with Gasteiger partial charge in [-0.15, -0.1) is 0 Å². The molecule has 9 nitrogen and oxygen atoms in total. The van der Waals surface area contributed by atoms with Crippen LogP contribution in [0, 0.1) is 0 Å². The molecule has 0 saturated heterocycles. The maximum atomic E-state index is 12.4. The summed E-state index contributed by atoms with van der Waals surface area (Å²) in [7, 11) is -6.14. The number of benzene rings is 2. The second-order valence-corrected chi connectivity index (χ2v) is 11.8. The number of aliphatic hydroxyl groups is 1. The van der Waals surface area contributed by atoms with E-state index < -0.39 is 37.8 Å². The van der Waals surface area contributed by atoms with Crippen molar-refractivity contribution >= 4 is 26.0 Å². The van der Waals surface area contributed by atoms with E-state index >= 15 is 0 Å². The zero-order valence-corrected chi connectivity index (χ0v) is 20.1. The smallest absolute Gasteiger partial charge is 0.410 e. The van der Waals surface area contributed by atoms with Gasteiger partial charge in [0.15, 0.2) is 9.84 Å². The minimum absolute atomic E-state index is 0.00800. The Bertz CT molecular complexity index is 1150. The third kappa shape index (κ3) is 7.21. The fourth-order valence-corrected chi connectivity index (χ4v) is 4.11. The molecule has 0 aliphatic heterocycles. The normalized spacial score (nSPS) is 13.3. The Morgan fingerprint density at radius 3 is 1.94 bits per heavy atom. The summed E-state index contributed by atoms with van der Waals surface area (Å²) in [5.74, 6) is 0.00800. The van der Waals surface area contributed by atoms with Gasteiger partial charge >= 0.3 is 16.2 Å². The molecule has 1 atom stereocenters. The summed E-state index contributed by atoms with van der Waals surface area (Å²) in [6.07, 6.45) is -0.583. The molecule has 0 aromatic heterocycles. The Morgan fingerprint density at radius 1 is 0.969 bits per heavy atom. The van der Waals surface area contributed by atoms with Crippen molar-refractivity contribution < 1.29 is 35.7 Å². The van der Waals surface area contributed by atoms with Crippen LogP contribution < -0.4 is 4.18 Å². The van der Waals surface area contributed by atoms with Crippen LogP contribution in [0.3, 0.4) is 0 Å². The van der Waals surface area contributed by atoms with E-state index in [0.29, 0.717) is 5.56 Å². The molecular weight excluding hydrogens is 458 g/mol. The van der Waals surface area contributed by atoms with Crippen molar-refractivity contribution in [1.82, 2.24) is 4.90 Å². The molecule has 2 aromatic rings. The van der Waals surface area contributed by atoms with Gasteiger partial charge in [0.25, 0.3) is 0 Å². The molecule has 2 rings (SSSR count). The highest BCUT2D eigenvalue weighted by Crippen LogP contribution is 2.23. The topological polar surface area (TPSA) is 127 Å². The molecule has 176 valence electrons. The van der Waals surface area contributed by atoms with Crippen LogP contribution in [0.2, 0.25) is 0 Å².